The minimum Gasteiger partial charge on any atom is -0.469 e. The molecule has 0 saturated heterocycles. The number of aliphatic hydroxyl groups is 3. The predicted molar refractivity (Wildman–Crippen MR) is 115 cm³/mol. The number of allylic oxidation sites excluding steroid dienone is 6. The first-order valence-corrected chi connectivity index (χ1v) is 9.86. The van der Waals surface area contributed by atoms with Gasteiger partial charge in [-0.05, 0) is 31.2 Å². The van der Waals surface area contributed by atoms with Crippen molar-refractivity contribution in [1.29, 1.82) is 0 Å². The molecule has 0 fully saturated rings. The molecule has 1 rings (SSSR count). The number of esters is 1. The molecule has 0 radical (unpaired) electrons. The molecule has 1 aromatic rings. The Morgan fingerprint density at radius 2 is 1.55 bits per heavy atom. The summed E-state index contributed by atoms with van der Waals surface area (Å²) in [6.45, 7) is 0. The first-order chi connectivity index (χ1) is 14.0. The Morgan fingerprint density at radius 1 is 0.931 bits per heavy atom. The summed E-state index contributed by atoms with van der Waals surface area (Å²) in [4.78, 5) is 11.0. The molecular formula is C24H32O5. The standard InChI is InChI=1S/C24H32O5/c1-29-24(28)17-11-15-21(25)14-9-4-2-3-5-10-16-22(26)23(27)19-18-20-12-7-6-8-13-20/h2-10,12-14,16,21-23,25-27H,11,15,17-19H2,1H3/b4-2-,5-3+,14-9+,16-10+/t21-,22-,23-/m1/s1. The molecule has 0 saturated carbocycles. The van der Waals surface area contributed by atoms with Crippen LogP contribution < -0.4 is 0 Å². The molecule has 1 aromatic carbocycles. The van der Waals surface area contributed by atoms with Gasteiger partial charge in [0.15, 0.2) is 0 Å². The van der Waals surface area contributed by atoms with E-state index in [0.717, 1.165) is 5.56 Å². The third-order valence-electron chi connectivity index (χ3n) is 4.27. The number of hydrogen-bond acceptors (Lipinski definition) is 5. The molecule has 0 amide bonds. The Kier molecular flexibility index (Phi) is 13.1. The average Bonchev–Trinajstić information content (AvgIpc) is 2.74. The number of aliphatic hydroxyl groups excluding tert-OH is 3. The summed E-state index contributed by atoms with van der Waals surface area (Å²) in [6.07, 6.45) is 14.0. The van der Waals surface area contributed by atoms with Gasteiger partial charge in [-0.3, -0.25) is 4.79 Å². The molecule has 5 nitrogen and oxygen atoms in total. The monoisotopic (exact) mass is 400 g/mol. The van der Waals surface area contributed by atoms with Crippen molar-refractivity contribution in [2.24, 2.45) is 0 Å². The van der Waals surface area contributed by atoms with E-state index in [9.17, 15) is 20.1 Å². The smallest absolute Gasteiger partial charge is 0.305 e. The Morgan fingerprint density at radius 3 is 2.21 bits per heavy atom. The fraction of sp³-hybridized carbons (Fsp3) is 0.375. The van der Waals surface area contributed by atoms with Crippen molar-refractivity contribution in [1.82, 2.24) is 0 Å². The van der Waals surface area contributed by atoms with E-state index in [0.29, 0.717) is 32.1 Å². The van der Waals surface area contributed by atoms with Crippen LogP contribution in [0, 0.1) is 0 Å². The zero-order valence-corrected chi connectivity index (χ0v) is 16.9. The summed E-state index contributed by atoms with van der Waals surface area (Å²) in [5, 5.41) is 29.7. The van der Waals surface area contributed by atoms with Crippen molar-refractivity contribution < 1.29 is 24.9 Å². The Bertz CT molecular complexity index is 676. The number of carbonyl (C=O) groups excluding carboxylic acids is 1. The zero-order valence-electron chi connectivity index (χ0n) is 16.9. The van der Waals surface area contributed by atoms with E-state index in [1.54, 1.807) is 48.6 Å². The van der Waals surface area contributed by atoms with E-state index < -0.39 is 18.3 Å². The molecular weight excluding hydrogens is 368 g/mol. The third-order valence-corrected chi connectivity index (χ3v) is 4.27. The Balaban J connectivity index is 2.22. The number of ether oxygens (including phenoxy) is 1. The lowest BCUT2D eigenvalue weighted by Crippen LogP contribution is -2.24. The van der Waals surface area contributed by atoms with Crippen molar-refractivity contribution in [3.63, 3.8) is 0 Å². The number of hydrogen-bond donors (Lipinski definition) is 3. The van der Waals surface area contributed by atoms with Crippen LogP contribution >= 0.6 is 0 Å². The minimum absolute atomic E-state index is 0.270. The van der Waals surface area contributed by atoms with Gasteiger partial charge in [-0.1, -0.05) is 78.9 Å². The fourth-order valence-corrected chi connectivity index (χ4v) is 2.54. The average molecular weight is 401 g/mol. The summed E-state index contributed by atoms with van der Waals surface area (Å²) in [7, 11) is 1.35. The second-order valence-electron chi connectivity index (χ2n) is 6.66. The lowest BCUT2D eigenvalue weighted by atomic mass is 10.0. The highest BCUT2D eigenvalue weighted by Crippen LogP contribution is 2.08. The van der Waals surface area contributed by atoms with Crippen LogP contribution in [0.3, 0.4) is 0 Å². The topological polar surface area (TPSA) is 87.0 Å². The van der Waals surface area contributed by atoms with E-state index in [2.05, 4.69) is 4.74 Å². The van der Waals surface area contributed by atoms with Crippen molar-refractivity contribution >= 4 is 5.97 Å². The first kappa shape index (κ1) is 24.6. The summed E-state index contributed by atoms with van der Waals surface area (Å²) in [5.74, 6) is -0.270. The zero-order chi connectivity index (χ0) is 21.3. The van der Waals surface area contributed by atoms with Crippen molar-refractivity contribution in [2.75, 3.05) is 7.11 Å². The Labute approximate surface area is 173 Å². The van der Waals surface area contributed by atoms with E-state index in [1.807, 2.05) is 30.3 Å². The summed E-state index contributed by atoms with van der Waals surface area (Å²) in [5.41, 5.74) is 1.13. The molecule has 0 aliphatic rings. The number of rotatable bonds is 13. The normalized spacial score (nSPS) is 15.4. The van der Waals surface area contributed by atoms with Gasteiger partial charge in [-0.2, -0.15) is 0 Å². The van der Waals surface area contributed by atoms with Crippen LogP contribution in [-0.2, 0) is 16.0 Å². The molecule has 0 spiro atoms. The summed E-state index contributed by atoms with van der Waals surface area (Å²) >= 11 is 0. The molecule has 0 heterocycles. The molecule has 0 aliphatic heterocycles. The maximum Gasteiger partial charge on any atom is 0.305 e. The van der Waals surface area contributed by atoms with Crippen LogP contribution in [0.4, 0.5) is 0 Å². The molecule has 29 heavy (non-hydrogen) atoms. The van der Waals surface area contributed by atoms with Crippen molar-refractivity contribution in [2.45, 2.75) is 50.4 Å². The summed E-state index contributed by atoms with van der Waals surface area (Å²) < 4.78 is 4.54. The van der Waals surface area contributed by atoms with Gasteiger partial charge < -0.3 is 20.1 Å². The van der Waals surface area contributed by atoms with Crippen LogP contribution in [0.25, 0.3) is 0 Å². The van der Waals surface area contributed by atoms with Gasteiger partial charge in [0.25, 0.3) is 0 Å². The van der Waals surface area contributed by atoms with Crippen LogP contribution in [0.15, 0.2) is 78.9 Å². The van der Waals surface area contributed by atoms with E-state index in [-0.39, 0.29) is 5.97 Å². The van der Waals surface area contributed by atoms with Gasteiger partial charge in [-0.15, -0.1) is 0 Å². The van der Waals surface area contributed by atoms with Crippen LogP contribution in [-0.4, -0.2) is 46.7 Å². The van der Waals surface area contributed by atoms with Crippen molar-refractivity contribution in [3.05, 3.63) is 84.5 Å². The van der Waals surface area contributed by atoms with E-state index in [1.165, 1.54) is 7.11 Å². The molecule has 158 valence electrons. The number of aryl methyl sites for hydroxylation is 1. The largest absolute Gasteiger partial charge is 0.469 e. The molecule has 0 aliphatic carbocycles. The lowest BCUT2D eigenvalue weighted by molar-refractivity contribution is -0.140. The van der Waals surface area contributed by atoms with Crippen LogP contribution in [0.5, 0.6) is 0 Å². The van der Waals surface area contributed by atoms with Gasteiger partial charge in [0, 0.05) is 6.42 Å². The molecule has 5 heteroatoms. The quantitative estimate of drug-likeness (QED) is 0.349. The second-order valence-corrected chi connectivity index (χ2v) is 6.66. The maximum absolute atomic E-state index is 11.0. The van der Waals surface area contributed by atoms with Gasteiger partial charge in [0.1, 0.15) is 0 Å². The molecule has 3 N–H and O–H groups in total. The lowest BCUT2D eigenvalue weighted by Gasteiger charge is -2.14. The fourth-order valence-electron chi connectivity index (χ4n) is 2.54. The number of carbonyl (C=O) groups is 1. The van der Waals surface area contributed by atoms with E-state index in [4.69, 9.17) is 0 Å². The number of methoxy groups -OCH3 is 1. The second kappa shape index (κ2) is 15.5. The number of benzene rings is 1. The highest BCUT2D eigenvalue weighted by molar-refractivity contribution is 5.68. The highest BCUT2D eigenvalue weighted by Gasteiger charge is 2.12. The van der Waals surface area contributed by atoms with Crippen LogP contribution in [0.2, 0.25) is 0 Å². The third kappa shape index (κ3) is 12.6. The summed E-state index contributed by atoms with van der Waals surface area (Å²) in [6, 6.07) is 9.86. The molecule has 0 aromatic heterocycles. The molecule has 0 bridgehead atoms. The first-order valence-electron chi connectivity index (χ1n) is 9.86. The predicted octanol–water partition coefficient (Wildman–Crippen LogP) is 3.27. The van der Waals surface area contributed by atoms with E-state index >= 15 is 0 Å². The maximum atomic E-state index is 11.0. The van der Waals surface area contributed by atoms with Crippen molar-refractivity contribution in [3.8, 4) is 0 Å². The van der Waals surface area contributed by atoms with Crippen LogP contribution in [0.1, 0.15) is 31.2 Å². The van der Waals surface area contributed by atoms with Gasteiger partial charge in [-0.25, -0.2) is 0 Å². The highest BCUT2D eigenvalue weighted by atomic mass is 16.5. The molecule has 0 unspecified atom stereocenters. The SMILES string of the molecule is COC(=O)CCC[C@H](O)/C=C/C=C\C=C\C=C\[C@@H](O)[C@H](O)CCc1ccccc1. The molecule has 3 atom stereocenters. The van der Waals surface area contributed by atoms with Gasteiger partial charge in [0.2, 0.25) is 0 Å². The van der Waals surface area contributed by atoms with Gasteiger partial charge in [0.05, 0.1) is 25.4 Å². The Hall–Kier alpha value is -2.47. The van der Waals surface area contributed by atoms with Gasteiger partial charge >= 0.3 is 5.97 Å². The minimum atomic E-state index is -0.910.